The fraction of sp³-hybridized carbons (Fsp3) is 0.211. The van der Waals surface area contributed by atoms with Crippen molar-refractivity contribution >= 4 is 18.1 Å². The van der Waals surface area contributed by atoms with E-state index in [1.54, 1.807) is 48.5 Å². The predicted molar refractivity (Wildman–Crippen MR) is 94.1 cm³/mol. The van der Waals surface area contributed by atoms with Crippen LogP contribution in [-0.2, 0) is 9.63 Å². The Labute approximate surface area is 155 Å². The lowest BCUT2D eigenvalue weighted by Gasteiger charge is -2.13. The average molecular weight is 370 g/mol. The van der Waals surface area contributed by atoms with Gasteiger partial charge in [-0.2, -0.15) is 0 Å². The molecule has 1 saturated heterocycles. The van der Waals surface area contributed by atoms with E-state index in [0.717, 1.165) is 11.1 Å². The number of hydroxylamine groups is 2. The first kappa shape index (κ1) is 18.4. The lowest BCUT2D eigenvalue weighted by molar-refractivity contribution is -0.150. The molecule has 3 rings (SSSR count). The van der Waals surface area contributed by atoms with E-state index >= 15 is 0 Å². The van der Waals surface area contributed by atoms with Gasteiger partial charge in [-0.1, -0.05) is 35.4 Å². The Balaban J connectivity index is 1.54. The van der Waals surface area contributed by atoms with Crippen molar-refractivity contribution in [1.29, 1.82) is 0 Å². The maximum absolute atomic E-state index is 12.3. The van der Waals surface area contributed by atoms with Gasteiger partial charge in [-0.3, -0.25) is 9.63 Å². The molecule has 0 saturated carbocycles. The van der Waals surface area contributed by atoms with Crippen LogP contribution in [0.2, 0.25) is 0 Å². The van der Waals surface area contributed by atoms with Crippen LogP contribution in [0.1, 0.15) is 11.1 Å². The molecule has 1 aliphatic heterocycles. The van der Waals surface area contributed by atoms with Crippen LogP contribution in [0.4, 0.5) is 9.59 Å². The monoisotopic (exact) mass is 370 g/mol. The number of aryl methyl sites for hydroxylation is 2. The third kappa shape index (κ3) is 4.62. The molecular formula is C19H18N2O6. The Morgan fingerprint density at radius 1 is 0.963 bits per heavy atom. The third-order valence-corrected chi connectivity index (χ3v) is 3.78. The minimum Gasteiger partial charge on any atom is -0.410 e. The number of imide groups is 1. The Morgan fingerprint density at radius 2 is 1.48 bits per heavy atom. The molecule has 3 amide bonds. The fourth-order valence-corrected chi connectivity index (χ4v) is 2.31. The molecule has 1 fully saturated rings. The third-order valence-electron chi connectivity index (χ3n) is 3.78. The normalized spacial score (nSPS) is 16.1. The summed E-state index contributed by atoms with van der Waals surface area (Å²) in [5, 5.41) is 2.85. The molecule has 2 aromatic rings. The number of carbonyl (C=O) groups is 3. The van der Waals surface area contributed by atoms with E-state index < -0.39 is 24.1 Å². The molecule has 0 spiro atoms. The van der Waals surface area contributed by atoms with Crippen molar-refractivity contribution in [2.45, 2.75) is 19.9 Å². The highest BCUT2D eigenvalue weighted by molar-refractivity contribution is 5.97. The van der Waals surface area contributed by atoms with Gasteiger partial charge in [-0.05, 0) is 38.1 Å². The van der Waals surface area contributed by atoms with E-state index in [1.165, 1.54) is 0 Å². The minimum atomic E-state index is -1.05. The Bertz CT molecular complexity index is 848. The van der Waals surface area contributed by atoms with Crippen LogP contribution in [0.15, 0.2) is 48.5 Å². The van der Waals surface area contributed by atoms with Gasteiger partial charge < -0.3 is 14.8 Å². The minimum absolute atomic E-state index is 0.204. The van der Waals surface area contributed by atoms with Crippen molar-refractivity contribution < 1.29 is 28.7 Å². The number of benzene rings is 2. The summed E-state index contributed by atoms with van der Waals surface area (Å²) in [5.41, 5.74) is 2.02. The lowest BCUT2D eigenvalue weighted by atomic mass is 10.2. The number of ether oxygens (including phenoxy) is 2. The van der Waals surface area contributed by atoms with Crippen LogP contribution in [0.3, 0.4) is 0 Å². The molecule has 0 aromatic heterocycles. The van der Waals surface area contributed by atoms with Gasteiger partial charge in [0.25, 0.3) is 5.91 Å². The van der Waals surface area contributed by atoms with Crippen molar-refractivity contribution in [2.24, 2.45) is 0 Å². The molecule has 1 heterocycles. The Hall–Kier alpha value is -3.39. The molecule has 8 heteroatoms. The summed E-state index contributed by atoms with van der Waals surface area (Å²) < 4.78 is 10.2. The largest absolute Gasteiger partial charge is 0.447 e. The number of rotatable bonds is 3. The molecule has 2 aromatic carbocycles. The van der Waals surface area contributed by atoms with E-state index in [9.17, 15) is 14.4 Å². The van der Waals surface area contributed by atoms with E-state index in [1.807, 2.05) is 13.8 Å². The van der Waals surface area contributed by atoms with Gasteiger partial charge in [-0.15, -0.1) is 5.06 Å². The number of hydrogen-bond acceptors (Lipinski definition) is 6. The average Bonchev–Trinajstić information content (AvgIpc) is 2.99. The van der Waals surface area contributed by atoms with E-state index in [2.05, 4.69) is 5.32 Å². The van der Waals surface area contributed by atoms with Crippen LogP contribution in [0.5, 0.6) is 11.5 Å². The summed E-state index contributed by atoms with van der Waals surface area (Å²) in [6.45, 7) is 3.60. The highest BCUT2D eigenvalue weighted by Crippen LogP contribution is 2.16. The van der Waals surface area contributed by atoms with Gasteiger partial charge in [-0.25, -0.2) is 9.59 Å². The molecule has 8 nitrogen and oxygen atoms in total. The summed E-state index contributed by atoms with van der Waals surface area (Å²) in [6, 6.07) is 12.5. The molecule has 0 aliphatic carbocycles. The van der Waals surface area contributed by atoms with Crippen LogP contribution in [-0.4, -0.2) is 35.8 Å². The molecule has 0 bridgehead atoms. The van der Waals surface area contributed by atoms with Crippen molar-refractivity contribution in [3.8, 4) is 11.5 Å². The van der Waals surface area contributed by atoms with Gasteiger partial charge in [0.1, 0.15) is 24.1 Å². The predicted octanol–water partition coefficient (Wildman–Crippen LogP) is 2.73. The van der Waals surface area contributed by atoms with Gasteiger partial charge >= 0.3 is 12.2 Å². The van der Waals surface area contributed by atoms with Crippen molar-refractivity contribution in [3.05, 3.63) is 59.7 Å². The standard InChI is InChI=1S/C19H18N2O6/c1-12-3-7-14(8-4-12)26-18(23)20-16-11-25-21(17(16)22)19(24)27-15-9-5-13(2)6-10-15/h3-10,16H,11H2,1-2H3,(H,20,23)/t16-/m1/s1. The summed E-state index contributed by atoms with van der Waals surface area (Å²) in [4.78, 5) is 41.3. The van der Waals surface area contributed by atoms with Gasteiger partial charge in [0.15, 0.2) is 0 Å². The smallest absolute Gasteiger partial charge is 0.410 e. The molecule has 0 radical (unpaired) electrons. The summed E-state index contributed by atoms with van der Waals surface area (Å²) >= 11 is 0. The highest BCUT2D eigenvalue weighted by atomic mass is 16.7. The molecule has 140 valence electrons. The van der Waals surface area contributed by atoms with E-state index in [-0.39, 0.29) is 12.4 Å². The van der Waals surface area contributed by atoms with Gasteiger partial charge in [0.2, 0.25) is 0 Å². The Morgan fingerprint density at radius 3 is 2.04 bits per heavy atom. The summed E-state index contributed by atoms with van der Waals surface area (Å²) in [5.74, 6) is -0.134. The van der Waals surface area contributed by atoms with Crippen molar-refractivity contribution in [3.63, 3.8) is 0 Å². The number of hydrogen-bond donors (Lipinski definition) is 1. The number of nitrogens with zero attached hydrogens (tertiary/aromatic N) is 1. The van der Waals surface area contributed by atoms with Crippen LogP contribution in [0, 0.1) is 13.8 Å². The number of carbonyl (C=O) groups excluding carboxylic acids is 3. The molecular weight excluding hydrogens is 352 g/mol. The molecule has 1 aliphatic rings. The molecule has 27 heavy (non-hydrogen) atoms. The second-order valence-electron chi connectivity index (χ2n) is 6.01. The fourth-order valence-electron chi connectivity index (χ4n) is 2.31. The summed E-state index contributed by atoms with van der Waals surface area (Å²) in [7, 11) is 0. The van der Waals surface area contributed by atoms with Gasteiger partial charge in [0.05, 0.1) is 0 Å². The van der Waals surface area contributed by atoms with Crippen LogP contribution in [0.25, 0.3) is 0 Å². The quantitative estimate of drug-likeness (QED) is 0.893. The zero-order valence-electron chi connectivity index (χ0n) is 14.8. The second-order valence-corrected chi connectivity index (χ2v) is 6.01. The SMILES string of the molecule is Cc1ccc(OC(=O)N[C@@H]2CON(C(=O)Oc3ccc(C)cc3)C2=O)cc1. The molecule has 1 atom stereocenters. The molecule has 0 unspecified atom stereocenters. The summed E-state index contributed by atoms with van der Waals surface area (Å²) in [6.07, 6.45) is -1.81. The zero-order valence-corrected chi connectivity index (χ0v) is 14.8. The van der Waals surface area contributed by atoms with E-state index in [0.29, 0.717) is 10.8 Å². The Kier molecular flexibility index (Phi) is 5.37. The van der Waals surface area contributed by atoms with Gasteiger partial charge in [0, 0.05) is 0 Å². The number of amides is 3. The highest BCUT2D eigenvalue weighted by Gasteiger charge is 2.40. The van der Waals surface area contributed by atoms with Crippen molar-refractivity contribution in [1.82, 2.24) is 10.4 Å². The van der Waals surface area contributed by atoms with Crippen LogP contribution < -0.4 is 14.8 Å². The first-order chi connectivity index (χ1) is 12.9. The second kappa shape index (κ2) is 7.88. The lowest BCUT2D eigenvalue weighted by Crippen LogP contribution is -2.45. The maximum Gasteiger partial charge on any atom is 0.447 e. The van der Waals surface area contributed by atoms with E-state index in [4.69, 9.17) is 14.3 Å². The zero-order chi connectivity index (χ0) is 19.4. The maximum atomic E-state index is 12.3. The first-order valence-electron chi connectivity index (χ1n) is 8.23. The number of nitrogens with one attached hydrogen (secondary N) is 1. The molecule has 1 N–H and O–H groups in total. The van der Waals surface area contributed by atoms with Crippen LogP contribution >= 0.6 is 0 Å². The first-order valence-corrected chi connectivity index (χ1v) is 8.23. The topological polar surface area (TPSA) is 94.2 Å². The van der Waals surface area contributed by atoms with Crippen molar-refractivity contribution in [2.75, 3.05) is 6.61 Å².